The summed E-state index contributed by atoms with van der Waals surface area (Å²) >= 11 is 0.995. The van der Waals surface area contributed by atoms with Crippen LogP contribution in [0.5, 0.6) is 0 Å². The van der Waals surface area contributed by atoms with E-state index in [4.69, 9.17) is 5.11 Å². The Morgan fingerprint density at radius 2 is 2.20 bits per heavy atom. The first kappa shape index (κ1) is 12.0. The van der Waals surface area contributed by atoms with Crippen LogP contribution in [0.25, 0.3) is 0 Å². The lowest BCUT2D eigenvalue weighted by molar-refractivity contribution is -0.125. The molecule has 0 bridgehead atoms. The third kappa shape index (κ3) is 3.88. The van der Waals surface area contributed by atoms with Crippen LogP contribution in [0.3, 0.4) is 0 Å². The van der Waals surface area contributed by atoms with E-state index in [0.29, 0.717) is 5.56 Å². The van der Waals surface area contributed by atoms with Gasteiger partial charge in [0.2, 0.25) is 0 Å². The fourth-order valence-corrected chi connectivity index (χ4v) is 1.76. The van der Waals surface area contributed by atoms with Crippen LogP contribution in [-0.2, 0) is 6.54 Å². The molecule has 0 saturated carbocycles. The second-order valence-electron chi connectivity index (χ2n) is 2.80. The molecule has 0 atom stereocenters. The Morgan fingerprint density at radius 1 is 1.53 bits per heavy atom. The lowest BCUT2D eigenvalue weighted by Crippen LogP contribution is -2.28. The van der Waals surface area contributed by atoms with Crippen LogP contribution in [0.1, 0.15) is 15.2 Å². The highest BCUT2D eigenvalue weighted by atomic mass is 32.1. The standard InChI is InChI=1S/C8H8F3NO2S/c9-8(10,11)4-12-3-5-1-2-15-6(5)7(13)14/h1-2,12H,3-4H2,(H,13,14). The minimum atomic E-state index is -4.28. The molecule has 0 spiro atoms. The lowest BCUT2D eigenvalue weighted by atomic mass is 10.2. The number of hydrogen-bond acceptors (Lipinski definition) is 3. The number of carboxylic acids is 1. The molecule has 0 fully saturated rings. The molecule has 1 aromatic rings. The summed E-state index contributed by atoms with van der Waals surface area (Å²) < 4.78 is 35.3. The number of halogens is 3. The molecule has 2 N–H and O–H groups in total. The van der Waals surface area contributed by atoms with E-state index in [1.54, 1.807) is 0 Å². The van der Waals surface area contributed by atoms with Crippen LogP contribution in [0.15, 0.2) is 11.4 Å². The molecule has 0 saturated heterocycles. The monoisotopic (exact) mass is 239 g/mol. The van der Waals surface area contributed by atoms with Gasteiger partial charge in [0, 0.05) is 6.54 Å². The molecule has 0 amide bonds. The van der Waals surface area contributed by atoms with E-state index >= 15 is 0 Å². The lowest BCUT2D eigenvalue weighted by Gasteiger charge is -2.07. The quantitative estimate of drug-likeness (QED) is 0.845. The normalized spacial score (nSPS) is 11.7. The van der Waals surface area contributed by atoms with Crippen molar-refractivity contribution in [3.63, 3.8) is 0 Å². The SMILES string of the molecule is O=C(O)c1sccc1CNCC(F)(F)F. The van der Waals surface area contributed by atoms with E-state index < -0.39 is 18.7 Å². The van der Waals surface area contributed by atoms with Gasteiger partial charge in [0.1, 0.15) is 4.88 Å². The van der Waals surface area contributed by atoms with Crippen LogP contribution in [-0.4, -0.2) is 23.8 Å². The summed E-state index contributed by atoms with van der Waals surface area (Å²) in [6, 6.07) is 1.50. The Hall–Kier alpha value is -1.08. The van der Waals surface area contributed by atoms with Crippen LogP contribution in [0.2, 0.25) is 0 Å². The van der Waals surface area contributed by atoms with Gasteiger partial charge in [-0.3, -0.25) is 0 Å². The zero-order valence-corrected chi connectivity index (χ0v) is 8.28. The minimum Gasteiger partial charge on any atom is -0.477 e. The molecule has 0 aliphatic carbocycles. The number of carbonyl (C=O) groups is 1. The molecule has 0 unspecified atom stereocenters. The van der Waals surface area contributed by atoms with Crippen molar-refractivity contribution in [1.82, 2.24) is 5.32 Å². The Bertz CT molecular complexity index is 348. The number of carboxylic acid groups (broad SMARTS) is 1. The van der Waals surface area contributed by atoms with E-state index in [1.807, 2.05) is 0 Å². The molecule has 0 aliphatic rings. The Kier molecular flexibility index (Phi) is 3.70. The van der Waals surface area contributed by atoms with Crippen LogP contribution in [0.4, 0.5) is 13.2 Å². The van der Waals surface area contributed by atoms with E-state index in [-0.39, 0.29) is 11.4 Å². The molecule has 1 rings (SSSR count). The number of aromatic carboxylic acids is 1. The molecule has 84 valence electrons. The summed E-state index contributed by atoms with van der Waals surface area (Å²) in [7, 11) is 0. The maximum Gasteiger partial charge on any atom is 0.401 e. The molecule has 0 radical (unpaired) electrons. The second kappa shape index (κ2) is 4.63. The zero-order chi connectivity index (χ0) is 11.5. The van der Waals surface area contributed by atoms with Gasteiger partial charge < -0.3 is 10.4 Å². The number of hydrogen-bond donors (Lipinski definition) is 2. The van der Waals surface area contributed by atoms with Crippen molar-refractivity contribution in [2.24, 2.45) is 0 Å². The van der Waals surface area contributed by atoms with Crippen LogP contribution in [0, 0.1) is 0 Å². The number of rotatable bonds is 4. The molecule has 15 heavy (non-hydrogen) atoms. The van der Waals surface area contributed by atoms with E-state index in [2.05, 4.69) is 5.32 Å². The molecule has 0 aromatic carbocycles. The highest BCUT2D eigenvalue weighted by molar-refractivity contribution is 7.12. The second-order valence-corrected chi connectivity index (χ2v) is 3.71. The molecule has 3 nitrogen and oxygen atoms in total. The fourth-order valence-electron chi connectivity index (χ4n) is 1.00. The van der Waals surface area contributed by atoms with Crippen LogP contribution < -0.4 is 5.32 Å². The van der Waals surface area contributed by atoms with Crippen molar-refractivity contribution in [1.29, 1.82) is 0 Å². The average Bonchev–Trinajstić information content (AvgIpc) is 2.49. The first-order valence-electron chi connectivity index (χ1n) is 3.97. The largest absolute Gasteiger partial charge is 0.477 e. The molecular formula is C8H8F3NO2S. The van der Waals surface area contributed by atoms with Gasteiger partial charge in [-0.15, -0.1) is 11.3 Å². The summed E-state index contributed by atoms with van der Waals surface area (Å²) in [6.07, 6.45) is -4.28. The first-order chi connectivity index (χ1) is 6.90. The van der Waals surface area contributed by atoms with Gasteiger partial charge in [-0.2, -0.15) is 13.2 Å². The predicted octanol–water partition coefficient (Wildman–Crippen LogP) is 2.10. The fraction of sp³-hybridized carbons (Fsp3) is 0.375. The minimum absolute atomic E-state index is 0.0738. The van der Waals surface area contributed by atoms with Crippen molar-refractivity contribution >= 4 is 17.3 Å². The Balaban J connectivity index is 2.51. The van der Waals surface area contributed by atoms with E-state index in [1.165, 1.54) is 11.4 Å². The van der Waals surface area contributed by atoms with Crippen LogP contribution >= 0.6 is 11.3 Å². The number of alkyl halides is 3. The van der Waals surface area contributed by atoms with Gasteiger partial charge in [0.05, 0.1) is 6.54 Å². The summed E-state index contributed by atoms with van der Waals surface area (Å²) in [5.41, 5.74) is 0.372. The highest BCUT2D eigenvalue weighted by Crippen LogP contribution is 2.17. The van der Waals surface area contributed by atoms with Gasteiger partial charge in [-0.25, -0.2) is 4.79 Å². The van der Waals surface area contributed by atoms with E-state index in [9.17, 15) is 18.0 Å². The third-order valence-electron chi connectivity index (χ3n) is 1.58. The molecule has 7 heteroatoms. The van der Waals surface area contributed by atoms with Gasteiger partial charge in [0.15, 0.2) is 0 Å². The van der Waals surface area contributed by atoms with Crippen molar-refractivity contribution < 1.29 is 23.1 Å². The predicted molar refractivity (Wildman–Crippen MR) is 49.0 cm³/mol. The number of thiophene rings is 1. The van der Waals surface area contributed by atoms with Gasteiger partial charge in [-0.05, 0) is 17.0 Å². The Morgan fingerprint density at radius 3 is 2.73 bits per heavy atom. The van der Waals surface area contributed by atoms with Crippen molar-refractivity contribution in [2.75, 3.05) is 6.54 Å². The highest BCUT2D eigenvalue weighted by Gasteiger charge is 2.26. The molecule has 1 heterocycles. The third-order valence-corrected chi connectivity index (χ3v) is 2.53. The van der Waals surface area contributed by atoms with Gasteiger partial charge >= 0.3 is 12.1 Å². The van der Waals surface area contributed by atoms with Crippen molar-refractivity contribution in [3.05, 3.63) is 21.9 Å². The Labute approximate surface area is 87.5 Å². The average molecular weight is 239 g/mol. The summed E-state index contributed by atoms with van der Waals surface area (Å²) in [5.74, 6) is -1.12. The number of nitrogens with one attached hydrogen (secondary N) is 1. The zero-order valence-electron chi connectivity index (χ0n) is 7.47. The topological polar surface area (TPSA) is 49.3 Å². The van der Waals surface area contributed by atoms with Gasteiger partial charge in [-0.1, -0.05) is 0 Å². The summed E-state index contributed by atoms with van der Waals surface area (Å²) in [5, 5.41) is 12.4. The smallest absolute Gasteiger partial charge is 0.401 e. The maximum atomic E-state index is 11.8. The maximum absolute atomic E-state index is 11.8. The molecular weight excluding hydrogens is 231 g/mol. The molecule has 0 aliphatic heterocycles. The summed E-state index contributed by atoms with van der Waals surface area (Å²) in [4.78, 5) is 10.7. The van der Waals surface area contributed by atoms with E-state index in [0.717, 1.165) is 11.3 Å². The first-order valence-corrected chi connectivity index (χ1v) is 4.85. The van der Waals surface area contributed by atoms with Gasteiger partial charge in [0.25, 0.3) is 0 Å². The van der Waals surface area contributed by atoms with Crippen molar-refractivity contribution in [3.8, 4) is 0 Å². The van der Waals surface area contributed by atoms with Crippen molar-refractivity contribution in [2.45, 2.75) is 12.7 Å². The molecule has 1 aromatic heterocycles. The summed E-state index contributed by atoms with van der Waals surface area (Å²) in [6.45, 7) is -1.22.